The number of carbonyl (C=O) groups is 3. The van der Waals surface area contributed by atoms with Crippen LogP contribution in [0.25, 0.3) is 0 Å². The number of nitrogens with zero attached hydrogens (tertiary/aromatic N) is 2. The SMILES string of the molecule is Cc1cc(C)cc(CN2C(=O)C(=O)N(CCC3=CCCCC3)C2=O)c1. The molecule has 0 saturated carbocycles. The molecular weight excluding hydrogens is 316 g/mol. The molecule has 1 aliphatic carbocycles. The molecule has 132 valence electrons. The maximum Gasteiger partial charge on any atom is 0.334 e. The Morgan fingerprint density at radius 3 is 2.24 bits per heavy atom. The maximum atomic E-state index is 12.6. The maximum absolute atomic E-state index is 12.6. The van der Waals surface area contributed by atoms with Crippen LogP contribution in [0.4, 0.5) is 4.79 Å². The smallest absolute Gasteiger partial charge is 0.263 e. The van der Waals surface area contributed by atoms with Gasteiger partial charge < -0.3 is 0 Å². The highest BCUT2D eigenvalue weighted by atomic mass is 16.2. The topological polar surface area (TPSA) is 57.7 Å². The summed E-state index contributed by atoms with van der Waals surface area (Å²) in [7, 11) is 0. The Morgan fingerprint density at radius 2 is 1.60 bits per heavy atom. The average molecular weight is 340 g/mol. The molecule has 1 aromatic rings. The van der Waals surface area contributed by atoms with Crippen molar-refractivity contribution in [3.63, 3.8) is 0 Å². The first kappa shape index (κ1) is 17.4. The summed E-state index contributed by atoms with van der Waals surface area (Å²) in [5.74, 6) is -1.42. The van der Waals surface area contributed by atoms with E-state index in [0.717, 1.165) is 45.8 Å². The molecule has 0 radical (unpaired) electrons. The zero-order valence-corrected chi connectivity index (χ0v) is 14.9. The summed E-state index contributed by atoms with van der Waals surface area (Å²) in [6, 6.07) is 5.42. The predicted molar refractivity (Wildman–Crippen MR) is 94.7 cm³/mol. The van der Waals surface area contributed by atoms with Crippen molar-refractivity contribution in [3.05, 3.63) is 46.5 Å². The van der Waals surface area contributed by atoms with Crippen LogP contribution in [-0.4, -0.2) is 34.2 Å². The Balaban J connectivity index is 1.69. The van der Waals surface area contributed by atoms with Crippen molar-refractivity contribution in [1.29, 1.82) is 0 Å². The Kier molecular flexibility index (Phi) is 5.02. The van der Waals surface area contributed by atoms with Crippen LogP contribution in [0.2, 0.25) is 0 Å². The van der Waals surface area contributed by atoms with Gasteiger partial charge >= 0.3 is 17.8 Å². The monoisotopic (exact) mass is 340 g/mol. The predicted octanol–water partition coefficient (Wildman–Crippen LogP) is 3.48. The number of urea groups is 1. The third kappa shape index (κ3) is 3.81. The number of carbonyl (C=O) groups excluding carboxylic acids is 3. The van der Waals surface area contributed by atoms with E-state index in [0.29, 0.717) is 13.0 Å². The molecule has 0 N–H and O–H groups in total. The molecule has 25 heavy (non-hydrogen) atoms. The highest BCUT2D eigenvalue weighted by Crippen LogP contribution is 2.23. The summed E-state index contributed by atoms with van der Waals surface area (Å²) in [5, 5.41) is 0. The molecule has 1 heterocycles. The fourth-order valence-electron chi connectivity index (χ4n) is 3.62. The summed E-state index contributed by atoms with van der Waals surface area (Å²) in [6.07, 6.45) is 7.32. The van der Waals surface area contributed by atoms with Crippen LogP contribution in [0.5, 0.6) is 0 Å². The number of aryl methyl sites for hydroxylation is 2. The lowest BCUT2D eigenvalue weighted by Crippen LogP contribution is -2.34. The molecule has 0 unspecified atom stereocenters. The van der Waals surface area contributed by atoms with E-state index in [4.69, 9.17) is 0 Å². The molecular formula is C20H24N2O3. The minimum Gasteiger partial charge on any atom is -0.263 e. The van der Waals surface area contributed by atoms with Crippen LogP contribution in [0, 0.1) is 13.8 Å². The van der Waals surface area contributed by atoms with Crippen molar-refractivity contribution in [2.24, 2.45) is 0 Å². The van der Waals surface area contributed by atoms with E-state index in [2.05, 4.69) is 6.08 Å². The van der Waals surface area contributed by atoms with Crippen molar-refractivity contribution in [2.45, 2.75) is 52.5 Å². The number of benzene rings is 1. The zero-order chi connectivity index (χ0) is 18.0. The molecule has 1 fully saturated rings. The van der Waals surface area contributed by atoms with Crippen LogP contribution < -0.4 is 0 Å². The zero-order valence-electron chi connectivity index (χ0n) is 14.9. The normalized spacial score (nSPS) is 18.2. The van der Waals surface area contributed by atoms with E-state index in [9.17, 15) is 14.4 Å². The fraction of sp³-hybridized carbons (Fsp3) is 0.450. The van der Waals surface area contributed by atoms with E-state index >= 15 is 0 Å². The van der Waals surface area contributed by atoms with Gasteiger partial charge in [-0.1, -0.05) is 41.0 Å². The van der Waals surface area contributed by atoms with Gasteiger partial charge in [0.15, 0.2) is 0 Å². The van der Waals surface area contributed by atoms with Crippen LogP contribution in [-0.2, 0) is 16.1 Å². The van der Waals surface area contributed by atoms with Gasteiger partial charge in [-0.05, 0) is 51.5 Å². The quantitative estimate of drug-likeness (QED) is 0.468. The van der Waals surface area contributed by atoms with Crippen LogP contribution >= 0.6 is 0 Å². The highest BCUT2D eigenvalue weighted by Gasteiger charge is 2.44. The lowest BCUT2D eigenvalue weighted by molar-refractivity contribution is -0.143. The summed E-state index contributed by atoms with van der Waals surface area (Å²) in [6.45, 7) is 4.38. The minimum atomic E-state index is -0.721. The molecule has 4 amide bonds. The summed E-state index contributed by atoms with van der Waals surface area (Å²) in [4.78, 5) is 39.2. The first-order valence-electron chi connectivity index (χ1n) is 8.88. The largest absolute Gasteiger partial charge is 0.334 e. The molecule has 0 spiro atoms. The third-order valence-corrected chi connectivity index (χ3v) is 4.80. The summed E-state index contributed by atoms with van der Waals surface area (Å²) < 4.78 is 0. The van der Waals surface area contributed by atoms with Gasteiger partial charge in [0.05, 0.1) is 6.54 Å². The van der Waals surface area contributed by atoms with Crippen molar-refractivity contribution < 1.29 is 14.4 Å². The van der Waals surface area contributed by atoms with Gasteiger partial charge in [-0.25, -0.2) is 4.79 Å². The van der Waals surface area contributed by atoms with E-state index in [1.807, 2.05) is 32.0 Å². The second-order valence-electron chi connectivity index (χ2n) is 6.98. The summed E-state index contributed by atoms with van der Waals surface area (Å²) >= 11 is 0. The number of rotatable bonds is 5. The second-order valence-corrected chi connectivity index (χ2v) is 6.98. The highest BCUT2D eigenvalue weighted by molar-refractivity contribution is 6.44. The van der Waals surface area contributed by atoms with E-state index in [1.54, 1.807) is 0 Å². The van der Waals surface area contributed by atoms with Crippen molar-refractivity contribution in [1.82, 2.24) is 9.80 Å². The Bertz CT molecular complexity index is 731. The van der Waals surface area contributed by atoms with Crippen LogP contribution in [0.3, 0.4) is 0 Å². The van der Waals surface area contributed by atoms with Crippen molar-refractivity contribution >= 4 is 17.8 Å². The molecule has 1 aromatic carbocycles. The lowest BCUT2D eigenvalue weighted by atomic mass is 9.97. The number of amides is 4. The van der Waals surface area contributed by atoms with Crippen LogP contribution in [0.15, 0.2) is 29.8 Å². The standard InChI is InChI=1S/C20H24N2O3/c1-14-10-15(2)12-17(11-14)13-22-19(24)18(23)21(20(22)25)9-8-16-6-4-3-5-7-16/h6,10-12H,3-5,7-9,13H2,1-2H3. The van der Waals surface area contributed by atoms with Gasteiger partial charge in [0.1, 0.15) is 0 Å². The molecule has 5 heteroatoms. The average Bonchev–Trinajstić information content (AvgIpc) is 2.77. The van der Waals surface area contributed by atoms with E-state index in [1.165, 1.54) is 12.0 Å². The molecule has 1 saturated heterocycles. The summed E-state index contributed by atoms with van der Waals surface area (Å²) in [5.41, 5.74) is 4.29. The van der Waals surface area contributed by atoms with Crippen molar-refractivity contribution in [2.75, 3.05) is 6.54 Å². The minimum absolute atomic E-state index is 0.144. The second kappa shape index (κ2) is 7.21. The van der Waals surface area contributed by atoms with Gasteiger partial charge in [-0.2, -0.15) is 0 Å². The number of hydrogen-bond acceptors (Lipinski definition) is 3. The van der Waals surface area contributed by atoms with Crippen LogP contribution in [0.1, 0.15) is 48.8 Å². The Hall–Kier alpha value is -2.43. The number of allylic oxidation sites excluding steroid dienone is 1. The van der Waals surface area contributed by atoms with E-state index in [-0.39, 0.29) is 6.54 Å². The molecule has 0 atom stereocenters. The fourth-order valence-corrected chi connectivity index (χ4v) is 3.62. The van der Waals surface area contributed by atoms with Gasteiger partial charge in [0, 0.05) is 6.54 Å². The van der Waals surface area contributed by atoms with Gasteiger partial charge in [-0.15, -0.1) is 0 Å². The third-order valence-electron chi connectivity index (χ3n) is 4.80. The van der Waals surface area contributed by atoms with Gasteiger partial charge in [0.25, 0.3) is 0 Å². The van der Waals surface area contributed by atoms with E-state index < -0.39 is 17.8 Å². The van der Waals surface area contributed by atoms with Gasteiger partial charge in [0.2, 0.25) is 0 Å². The number of imide groups is 2. The molecule has 2 aliphatic rings. The lowest BCUT2D eigenvalue weighted by Gasteiger charge is -2.18. The number of hydrogen-bond donors (Lipinski definition) is 0. The van der Waals surface area contributed by atoms with Crippen molar-refractivity contribution in [3.8, 4) is 0 Å². The Morgan fingerprint density at radius 1 is 0.920 bits per heavy atom. The molecule has 0 aromatic heterocycles. The molecule has 5 nitrogen and oxygen atoms in total. The molecule has 0 bridgehead atoms. The Labute approximate surface area is 148 Å². The molecule has 3 rings (SSSR count). The first-order chi connectivity index (χ1) is 12.0. The molecule has 1 aliphatic heterocycles. The first-order valence-corrected chi connectivity index (χ1v) is 8.88. The van der Waals surface area contributed by atoms with Gasteiger partial charge in [-0.3, -0.25) is 19.4 Å².